The number of benzene rings is 1. The fraction of sp³-hybridized carbons (Fsp3) is 0.167. The summed E-state index contributed by atoms with van der Waals surface area (Å²) in [7, 11) is 3.09. The molecule has 0 fully saturated rings. The molecule has 1 aromatic carbocycles. The maximum Gasteiger partial charge on any atom is 0.339 e. The highest BCUT2D eigenvalue weighted by molar-refractivity contribution is 5.94. The van der Waals surface area contributed by atoms with Crippen LogP contribution in [0.5, 0.6) is 11.5 Å². The summed E-state index contributed by atoms with van der Waals surface area (Å²) in [6, 6.07) is 2.55. The second-order valence-corrected chi connectivity index (χ2v) is 3.94. The number of aromatic nitrogens is 2. The summed E-state index contributed by atoms with van der Waals surface area (Å²) in [6.45, 7) is 0. The van der Waals surface area contributed by atoms with Crippen LogP contribution in [0.3, 0.4) is 0 Å². The molecule has 0 aliphatic carbocycles. The molecule has 2 rings (SSSR count). The number of ether oxygens (including phenoxy) is 1. The fourth-order valence-corrected chi connectivity index (χ4v) is 1.77. The van der Waals surface area contributed by atoms with Gasteiger partial charge in [0.05, 0.1) is 13.3 Å². The van der Waals surface area contributed by atoms with E-state index in [9.17, 15) is 9.90 Å². The topological polar surface area (TPSA) is 111 Å². The van der Waals surface area contributed by atoms with Crippen LogP contribution in [-0.4, -0.2) is 33.1 Å². The second-order valence-electron chi connectivity index (χ2n) is 3.94. The third-order valence-electron chi connectivity index (χ3n) is 2.82. The molecule has 4 N–H and O–H groups in total. The molecule has 0 spiro atoms. The minimum atomic E-state index is -1.23. The van der Waals surface area contributed by atoms with Gasteiger partial charge in [-0.3, -0.25) is 4.68 Å². The summed E-state index contributed by atoms with van der Waals surface area (Å²) < 4.78 is 6.59. The van der Waals surface area contributed by atoms with Crippen LogP contribution in [-0.2, 0) is 7.05 Å². The number of methoxy groups -OCH3 is 1. The van der Waals surface area contributed by atoms with Gasteiger partial charge in [0.2, 0.25) is 0 Å². The van der Waals surface area contributed by atoms with Gasteiger partial charge in [0, 0.05) is 24.2 Å². The fourth-order valence-electron chi connectivity index (χ4n) is 1.77. The summed E-state index contributed by atoms with van der Waals surface area (Å²) in [6.07, 6.45) is 1.51. The maximum atomic E-state index is 11.0. The Hall–Kier alpha value is -2.70. The number of carboxylic acid groups (broad SMARTS) is 1. The number of aromatic hydroxyl groups is 1. The summed E-state index contributed by atoms with van der Waals surface area (Å²) in [5, 5.41) is 22.6. The van der Waals surface area contributed by atoms with E-state index in [1.807, 2.05) is 0 Å². The number of hydrogen-bond acceptors (Lipinski definition) is 5. The molecule has 0 bridgehead atoms. The molecular formula is C12H13N3O4. The van der Waals surface area contributed by atoms with E-state index >= 15 is 0 Å². The molecule has 0 saturated heterocycles. The molecule has 0 atom stereocenters. The summed E-state index contributed by atoms with van der Waals surface area (Å²) in [4.78, 5) is 11.0. The number of aromatic carboxylic acids is 1. The Labute approximate surface area is 108 Å². The average molecular weight is 263 g/mol. The molecular weight excluding hydrogens is 250 g/mol. The van der Waals surface area contributed by atoms with E-state index < -0.39 is 5.97 Å². The van der Waals surface area contributed by atoms with Gasteiger partial charge in [-0.25, -0.2) is 4.79 Å². The molecule has 0 radical (unpaired) electrons. The zero-order chi connectivity index (χ0) is 14.2. The average Bonchev–Trinajstić information content (AvgIpc) is 2.69. The molecule has 0 amide bonds. The van der Waals surface area contributed by atoms with Crippen LogP contribution in [0.2, 0.25) is 0 Å². The lowest BCUT2D eigenvalue weighted by atomic mass is 10.0. The normalized spacial score (nSPS) is 10.4. The molecule has 19 heavy (non-hydrogen) atoms. The molecule has 0 aliphatic rings. The van der Waals surface area contributed by atoms with E-state index in [4.69, 9.17) is 15.6 Å². The van der Waals surface area contributed by atoms with Crippen LogP contribution >= 0.6 is 0 Å². The van der Waals surface area contributed by atoms with Crippen molar-refractivity contribution in [2.75, 3.05) is 12.8 Å². The van der Waals surface area contributed by atoms with Crippen molar-refractivity contribution in [3.63, 3.8) is 0 Å². The van der Waals surface area contributed by atoms with Gasteiger partial charge in [0.25, 0.3) is 0 Å². The number of carbonyl (C=O) groups is 1. The lowest BCUT2D eigenvalue weighted by molar-refractivity contribution is 0.0693. The summed E-state index contributed by atoms with van der Waals surface area (Å²) in [5.41, 5.74) is 6.64. The smallest absolute Gasteiger partial charge is 0.339 e. The van der Waals surface area contributed by atoms with Crippen LogP contribution in [0.15, 0.2) is 18.3 Å². The number of carboxylic acids is 1. The lowest BCUT2D eigenvalue weighted by Crippen LogP contribution is -2.01. The first kappa shape index (κ1) is 12.7. The Morgan fingerprint density at radius 1 is 1.42 bits per heavy atom. The van der Waals surface area contributed by atoms with Crippen molar-refractivity contribution in [3.05, 3.63) is 23.9 Å². The maximum absolute atomic E-state index is 11.0. The number of rotatable bonds is 3. The number of phenols is 1. The SMILES string of the molecule is COc1cc(O)c(C(=O)O)cc1-c1cnn(C)c1N. The second kappa shape index (κ2) is 4.52. The highest BCUT2D eigenvalue weighted by Gasteiger charge is 2.19. The Morgan fingerprint density at radius 3 is 2.58 bits per heavy atom. The monoisotopic (exact) mass is 263 g/mol. The Balaban J connectivity index is 2.71. The Bertz CT molecular complexity index is 649. The van der Waals surface area contributed by atoms with Crippen molar-refractivity contribution in [3.8, 4) is 22.6 Å². The van der Waals surface area contributed by atoms with Crippen LogP contribution < -0.4 is 10.5 Å². The summed E-state index contributed by atoms with van der Waals surface area (Å²) >= 11 is 0. The van der Waals surface area contributed by atoms with Crippen molar-refractivity contribution in [1.29, 1.82) is 0 Å². The minimum Gasteiger partial charge on any atom is -0.507 e. The van der Waals surface area contributed by atoms with Crippen LogP contribution in [0, 0.1) is 0 Å². The molecule has 0 saturated carbocycles. The molecule has 7 heteroatoms. The standard InChI is InChI=1S/C12H13N3O4/c1-15-11(13)8(5-14-15)6-3-7(12(17)18)9(16)4-10(6)19-2/h3-5,16H,13H2,1-2H3,(H,17,18). The van der Waals surface area contributed by atoms with Crippen molar-refractivity contribution in [1.82, 2.24) is 9.78 Å². The van der Waals surface area contributed by atoms with E-state index in [0.29, 0.717) is 22.7 Å². The Kier molecular flexibility index (Phi) is 3.04. The van der Waals surface area contributed by atoms with Gasteiger partial charge in [-0.2, -0.15) is 5.10 Å². The van der Waals surface area contributed by atoms with E-state index in [2.05, 4.69) is 5.10 Å². The molecule has 0 unspecified atom stereocenters. The molecule has 100 valence electrons. The number of aryl methyl sites for hydroxylation is 1. The van der Waals surface area contributed by atoms with Crippen molar-refractivity contribution in [2.45, 2.75) is 0 Å². The first-order valence-electron chi connectivity index (χ1n) is 5.37. The van der Waals surface area contributed by atoms with Gasteiger partial charge in [-0.1, -0.05) is 0 Å². The third-order valence-corrected chi connectivity index (χ3v) is 2.82. The predicted octanol–water partition coefficient (Wildman–Crippen LogP) is 1.08. The van der Waals surface area contributed by atoms with Gasteiger partial charge in [-0.15, -0.1) is 0 Å². The van der Waals surface area contributed by atoms with Crippen molar-refractivity contribution < 1.29 is 19.7 Å². The van der Waals surface area contributed by atoms with Crippen LogP contribution in [0.25, 0.3) is 11.1 Å². The molecule has 2 aromatic rings. The Morgan fingerprint density at radius 2 is 2.11 bits per heavy atom. The molecule has 0 aliphatic heterocycles. The van der Waals surface area contributed by atoms with Gasteiger partial charge < -0.3 is 20.7 Å². The molecule has 7 nitrogen and oxygen atoms in total. The van der Waals surface area contributed by atoms with Gasteiger partial charge in [0.15, 0.2) is 0 Å². The van der Waals surface area contributed by atoms with Gasteiger partial charge >= 0.3 is 5.97 Å². The first-order chi connectivity index (χ1) is 8.95. The largest absolute Gasteiger partial charge is 0.507 e. The zero-order valence-corrected chi connectivity index (χ0v) is 10.4. The highest BCUT2D eigenvalue weighted by Crippen LogP contribution is 2.37. The number of nitrogens with two attached hydrogens (primary N) is 1. The number of anilines is 1. The highest BCUT2D eigenvalue weighted by atomic mass is 16.5. The molecule has 1 heterocycles. The summed E-state index contributed by atoms with van der Waals surface area (Å²) in [5.74, 6) is -0.901. The van der Waals surface area contributed by atoms with Gasteiger partial charge in [0.1, 0.15) is 22.9 Å². The quantitative estimate of drug-likeness (QED) is 0.764. The minimum absolute atomic E-state index is 0.223. The van der Waals surface area contributed by atoms with E-state index in [1.54, 1.807) is 7.05 Å². The number of nitrogen functional groups attached to an aromatic ring is 1. The lowest BCUT2D eigenvalue weighted by Gasteiger charge is -2.10. The van der Waals surface area contributed by atoms with E-state index in [1.165, 1.54) is 30.1 Å². The van der Waals surface area contributed by atoms with Crippen LogP contribution in [0.1, 0.15) is 10.4 Å². The predicted molar refractivity (Wildman–Crippen MR) is 68.2 cm³/mol. The number of nitrogens with zero attached hydrogens (tertiary/aromatic N) is 2. The van der Waals surface area contributed by atoms with Crippen LogP contribution in [0.4, 0.5) is 5.82 Å². The van der Waals surface area contributed by atoms with E-state index in [0.717, 1.165) is 0 Å². The van der Waals surface area contributed by atoms with Crippen molar-refractivity contribution >= 4 is 11.8 Å². The zero-order valence-electron chi connectivity index (χ0n) is 10.4. The molecule has 1 aromatic heterocycles. The van der Waals surface area contributed by atoms with Gasteiger partial charge in [-0.05, 0) is 6.07 Å². The van der Waals surface area contributed by atoms with E-state index in [-0.39, 0.29) is 11.3 Å². The first-order valence-corrected chi connectivity index (χ1v) is 5.37. The number of hydrogen-bond donors (Lipinski definition) is 3. The van der Waals surface area contributed by atoms with Crippen molar-refractivity contribution in [2.24, 2.45) is 7.05 Å². The third kappa shape index (κ3) is 2.05.